The summed E-state index contributed by atoms with van der Waals surface area (Å²) in [6.07, 6.45) is 52.6. The average molecular weight is 1370 g/mol. The summed E-state index contributed by atoms with van der Waals surface area (Å²) >= 11 is 0. The molecule has 0 aromatic carbocycles. The van der Waals surface area contributed by atoms with Gasteiger partial charge in [-0.1, -0.05) is 330 Å². The minimum Gasteiger partial charge on any atom is -0.462 e. The molecular weight excluding hydrogens is 1220 g/mol. The van der Waals surface area contributed by atoms with Crippen molar-refractivity contribution in [2.45, 2.75) is 400 Å². The van der Waals surface area contributed by atoms with Gasteiger partial charge in [-0.3, -0.25) is 37.3 Å². The Bertz CT molecular complexity index is 1800. The Balaban J connectivity index is 5.23. The van der Waals surface area contributed by atoms with Crippen LogP contribution in [0.15, 0.2) is 0 Å². The van der Waals surface area contributed by atoms with Gasteiger partial charge >= 0.3 is 39.5 Å². The fraction of sp³-hybridized carbons (Fsp3) is 0.946. The maximum atomic E-state index is 13.1. The highest BCUT2D eigenvalue weighted by atomic mass is 31.2. The Morgan fingerprint density at radius 1 is 0.290 bits per heavy atom. The molecule has 0 bridgehead atoms. The summed E-state index contributed by atoms with van der Waals surface area (Å²) in [6, 6.07) is 0. The molecule has 0 spiro atoms. The molecule has 0 saturated carbocycles. The molecule has 0 rings (SSSR count). The SMILES string of the molecule is CCCCCCCCCCCCCCC(=O)OC[C@H](COP(=O)(O)OC[C@@H](O)COP(=O)(O)OC[C@@H](COC(=O)CCCCCCCCCCC(C)C)OC(=O)CCCCCCCCCCCCCC)OC(=O)CCCCCCCCCCCCCCCCCC(C)C. The summed E-state index contributed by atoms with van der Waals surface area (Å²) < 4.78 is 68.4. The molecule has 0 amide bonds. The van der Waals surface area contributed by atoms with Crippen molar-refractivity contribution < 1.29 is 80.2 Å². The number of aliphatic hydroxyl groups excluding tert-OH is 1. The molecule has 0 aromatic heterocycles. The van der Waals surface area contributed by atoms with E-state index in [1.54, 1.807) is 0 Å². The van der Waals surface area contributed by atoms with E-state index in [-0.39, 0.29) is 25.7 Å². The molecule has 3 N–H and O–H groups in total. The summed E-state index contributed by atoms with van der Waals surface area (Å²) in [5.41, 5.74) is 0. The first-order valence-electron chi connectivity index (χ1n) is 38.5. The van der Waals surface area contributed by atoms with E-state index in [0.717, 1.165) is 102 Å². The minimum atomic E-state index is -4.95. The smallest absolute Gasteiger partial charge is 0.462 e. The third kappa shape index (κ3) is 68.4. The first-order chi connectivity index (χ1) is 44.9. The van der Waals surface area contributed by atoms with Crippen molar-refractivity contribution in [1.29, 1.82) is 0 Å². The Kier molecular flexibility index (Phi) is 64.6. The number of carbonyl (C=O) groups excluding carboxylic acids is 4. The van der Waals surface area contributed by atoms with Crippen LogP contribution in [-0.2, 0) is 65.4 Å². The molecule has 0 aromatic rings. The van der Waals surface area contributed by atoms with Crippen molar-refractivity contribution in [3.8, 4) is 0 Å². The van der Waals surface area contributed by atoms with Gasteiger partial charge in [0.05, 0.1) is 26.4 Å². The molecule has 0 radical (unpaired) electrons. The van der Waals surface area contributed by atoms with Crippen LogP contribution in [0.5, 0.6) is 0 Å². The van der Waals surface area contributed by atoms with Crippen LogP contribution >= 0.6 is 15.6 Å². The molecule has 0 aliphatic rings. The maximum absolute atomic E-state index is 13.1. The zero-order chi connectivity index (χ0) is 68.6. The van der Waals surface area contributed by atoms with Gasteiger partial charge in [-0.2, -0.15) is 0 Å². The number of esters is 4. The molecule has 5 atom stereocenters. The van der Waals surface area contributed by atoms with Crippen molar-refractivity contribution in [2.24, 2.45) is 11.8 Å². The molecule has 0 heterocycles. The number of phosphoric acid groups is 2. The van der Waals surface area contributed by atoms with Gasteiger partial charge in [0.1, 0.15) is 19.3 Å². The van der Waals surface area contributed by atoms with Crippen molar-refractivity contribution in [3.05, 3.63) is 0 Å². The first-order valence-corrected chi connectivity index (χ1v) is 41.5. The van der Waals surface area contributed by atoms with E-state index >= 15 is 0 Å². The largest absolute Gasteiger partial charge is 0.472 e. The van der Waals surface area contributed by atoms with E-state index in [0.29, 0.717) is 25.7 Å². The average Bonchev–Trinajstić information content (AvgIpc) is 3.01. The van der Waals surface area contributed by atoms with Crippen LogP contribution in [0.2, 0.25) is 0 Å². The summed E-state index contributed by atoms with van der Waals surface area (Å²) in [5.74, 6) is -0.587. The maximum Gasteiger partial charge on any atom is 0.472 e. The zero-order valence-electron chi connectivity index (χ0n) is 60.6. The number of hydrogen-bond acceptors (Lipinski definition) is 15. The van der Waals surface area contributed by atoms with Crippen molar-refractivity contribution >= 4 is 39.5 Å². The van der Waals surface area contributed by atoms with Gasteiger partial charge in [0.2, 0.25) is 0 Å². The lowest BCUT2D eigenvalue weighted by atomic mass is 10.0. The standard InChI is InChI=1S/C74H144O17P2/c1-7-9-11-13-15-17-19-27-31-38-44-50-56-71(76)84-62-69(90-74(79)59-53-47-41-33-29-25-23-21-22-24-26-30-36-42-48-54-66(3)4)64-88-92(80,81)86-60-68(75)61-87-93(82,83)89-65-70(63-85-72(77)57-51-45-39-35-34-37-43-49-55-67(5)6)91-73(78)58-52-46-40-32-28-20-18-16-14-12-10-8-2/h66-70,75H,7-65H2,1-6H3,(H,80,81)(H,82,83)/t68-,69-,70-/m1/s1. The second kappa shape index (κ2) is 66.0. The summed E-state index contributed by atoms with van der Waals surface area (Å²) in [4.78, 5) is 72.7. The minimum absolute atomic E-state index is 0.107. The van der Waals surface area contributed by atoms with Crippen LogP contribution in [-0.4, -0.2) is 96.7 Å². The highest BCUT2D eigenvalue weighted by molar-refractivity contribution is 7.47. The molecule has 0 aliphatic carbocycles. The highest BCUT2D eigenvalue weighted by Crippen LogP contribution is 2.45. The van der Waals surface area contributed by atoms with Crippen LogP contribution in [0.3, 0.4) is 0 Å². The second-order valence-corrected chi connectivity index (χ2v) is 30.5. The van der Waals surface area contributed by atoms with E-state index in [2.05, 4.69) is 41.5 Å². The molecule has 17 nitrogen and oxygen atoms in total. The summed E-state index contributed by atoms with van der Waals surface area (Å²) in [5, 5.41) is 10.6. The summed E-state index contributed by atoms with van der Waals surface area (Å²) in [6.45, 7) is 9.57. The van der Waals surface area contributed by atoms with Crippen molar-refractivity contribution in [1.82, 2.24) is 0 Å². The van der Waals surface area contributed by atoms with Gasteiger partial charge < -0.3 is 33.8 Å². The van der Waals surface area contributed by atoms with E-state index in [9.17, 15) is 43.2 Å². The predicted molar refractivity (Wildman–Crippen MR) is 377 cm³/mol. The molecular formula is C74H144O17P2. The first kappa shape index (κ1) is 91.1. The Hall–Kier alpha value is -1.94. The monoisotopic (exact) mass is 1370 g/mol. The Morgan fingerprint density at radius 2 is 0.495 bits per heavy atom. The van der Waals surface area contributed by atoms with Crippen LogP contribution in [0.25, 0.3) is 0 Å². The lowest BCUT2D eigenvalue weighted by Crippen LogP contribution is -2.30. The molecule has 0 saturated heterocycles. The second-order valence-electron chi connectivity index (χ2n) is 27.6. The van der Waals surface area contributed by atoms with E-state index in [1.807, 2.05) is 0 Å². The van der Waals surface area contributed by atoms with Crippen LogP contribution in [0, 0.1) is 11.8 Å². The lowest BCUT2D eigenvalue weighted by Gasteiger charge is -2.21. The molecule has 19 heteroatoms. The van der Waals surface area contributed by atoms with Gasteiger partial charge in [-0.05, 0) is 37.5 Å². The van der Waals surface area contributed by atoms with Crippen molar-refractivity contribution in [3.63, 3.8) is 0 Å². The van der Waals surface area contributed by atoms with Gasteiger partial charge in [0.25, 0.3) is 0 Å². The number of unbranched alkanes of at least 4 members (excludes halogenated alkanes) is 43. The Morgan fingerprint density at radius 3 is 0.731 bits per heavy atom. The van der Waals surface area contributed by atoms with Crippen LogP contribution in [0.4, 0.5) is 0 Å². The molecule has 552 valence electrons. The van der Waals surface area contributed by atoms with E-state index in [1.165, 1.54) is 199 Å². The van der Waals surface area contributed by atoms with Gasteiger partial charge in [0, 0.05) is 25.7 Å². The molecule has 0 aliphatic heterocycles. The van der Waals surface area contributed by atoms with E-state index < -0.39 is 97.5 Å². The van der Waals surface area contributed by atoms with Crippen LogP contribution < -0.4 is 0 Å². The Labute approximate surface area is 568 Å². The van der Waals surface area contributed by atoms with Gasteiger partial charge in [0.15, 0.2) is 12.2 Å². The quantitative estimate of drug-likeness (QED) is 0.0222. The normalized spacial score (nSPS) is 14.1. The lowest BCUT2D eigenvalue weighted by molar-refractivity contribution is -0.161. The van der Waals surface area contributed by atoms with Crippen LogP contribution in [0.1, 0.15) is 382 Å². The molecule has 2 unspecified atom stereocenters. The zero-order valence-corrected chi connectivity index (χ0v) is 62.3. The van der Waals surface area contributed by atoms with Gasteiger partial charge in [-0.25, -0.2) is 9.13 Å². The number of hydrogen-bond donors (Lipinski definition) is 3. The fourth-order valence-electron chi connectivity index (χ4n) is 11.3. The number of phosphoric ester groups is 2. The predicted octanol–water partition coefficient (Wildman–Crippen LogP) is 21.6. The highest BCUT2D eigenvalue weighted by Gasteiger charge is 2.30. The fourth-order valence-corrected chi connectivity index (χ4v) is 12.9. The van der Waals surface area contributed by atoms with Gasteiger partial charge in [-0.15, -0.1) is 0 Å². The number of ether oxygens (including phenoxy) is 4. The topological polar surface area (TPSA) is 237 Å². The molecule has 0 fully saturated rings. The number of carbonyl (C=O) groups is 4. The third-order valence-corrected chi connectivity index (χ3v) is 19.1. The number of rotatable bonds is 73. The third-order valence-electron chi connectivity index (χ3n) is 17.2. The summed E-state index contributed by atoms with van der Waals surface area (Å²) in [7, 11) is -9.91. The number of aliphatic hydroxyl groups is 1. The van der Waals surface area contributed by atoms with Crippen molar-refractivity contribution in [2.75, 3.05) is 39.6 Å². The molecule has 93 heavy (non-hydrogen) atoms. The van der Waals surface area contributed by atoms with E-state index in [4.69, 9.17) is 37.0 Å².